The van der Waals surface area contributed by atoms with Crippen LogP contribution in [0.4, 0.5) is 5.13 Å². The van der Waals surface area contributed by atoms with Crippen LogP contribution in [0.1, 0.15) is 60.7 Å². The van der Waals surface area contributed by atoms with Gasteiger partial charge < -0.3 is 5.11 Å². The molecule has 0 bridgehead atoms. The minimum atomic E-state index is -1.20. The minimum Gasteiger partial charge on any atom is -0.478 e. The van der Waals surface area contributed by atoms with Gasteiger partial charge in [0.1, 0.15) is 22.2 Å². The minimum absolute atomic E-state index is 0.0210. The van der Waals surface area contributed by atoms with E-state index < -0.39 is 17.4 Å². The van der Waals surface area contributed by atoms with Crippen LogP contribution in [-0.4, -0.2) is 36.7 Å². The average Bonchev–Trinajstić information content (AvgIpc) is 3.23. The lowest BCUT2D eigenvalue weighted by Crippen LogP contribution is -2.32. The van der Waals surface area contributed by atoms with E-state index in [1.807, 2.05) is 27.7 Å². The van der Waals surface area contributed by atoms with Crippen LogP contribution in [0.25, 0.3) is 10.2 Å². The van der Waals surface area contributed by atoms with Crippen LogP contribution in [0, 0.1) is 0 Å². The Bertz CT molecular complexity index is 1110. The van der Waals surface area contributed by atoms with Gasteiger partial charge in [-0.1, -0.05) is 39.0 Å². The highest BCUT2D eigenvalue weighted by molar-refractivity contribution is 7.17. The molecule has 11 heteroatoms. The van der Waals surface area contributed by atoms with Gasteiger partial charge in [-0.2, -0.15) is 0 Å². The molecule has 1 amide bonds. The molecule has 0 radical (unpaired) electrons. The van der Waals surface area contributed by atoms with Crippen LogP contribution in [0.2, 0.25) is 0 Å². The van der Waals surface area contributed by atoms with E-state index in [1.54, 1.807) is 0 Å². The van der Waals surface area contributed by atoms with Gasteiger partial charge in [-0.3, -0.25) is 19.5 Å². The number of aromatic carboxylic acids is 1. The number of nitrogens with one attached hydrogen (secondary N) is 1. The van der Waals surface area contributed by atoms with Gasteiger partial charge in [0, 0.05) is 17.2 Å². The molecule has 0 unspecified atom stereocenters. The number of amides is 1. The summed E-state index contributed by atoms with van der Waals surface area (Å²) in [5, 5.41) is 22.5. The maximum atomic E-state index is 13.0. The molecule has 0 aromatic carbocycles. The standard InChI is InChI=1S/C17H19N5O4S2/c1-7(2)12-19-14-11(9(6-27-14)16(25)26)15(24)22(12)5-10(23)18-17-21-20-13(28-17)8(3)4/h6-8H,5H2,1-4H3,(H,25,26)(H,18,21,23). The van der Waals surface area contributed by atoms with E-state index in [0.29, 0.717) is 15.8 Å². The van der Waals surface area contributed by atoms with Crippen molar-refractivity contribution in [3.63, 3.8) is 0 Å². The van der Waals surface area contributed by atoms with E-state index in [4.69, 9.17) is 0 Å². The number of nitrogens with zero attached hydrogens (tertiary/aromatic N) is 4. The summed E-state index contributed by atoms with van der Waals surface area (Å²) in [7, 11) is 0. The summed E-state index contributed by atoms with van der Waals surface area (Å²) >= 11 is 2.37. The Kier molecular flexibility index (Phi) is 5.57. The van der Waals surface area contributed by atoms with Gasteiger partial charge >= 0.3 is 5.97 Å². The Morgan fingerprint density at radius 3 is 2.50 bits per heavy atom. The first-order valence-corrected chi connectivity index (χ1v) is 10.3. The van der Waals surface area contributed by atoms with Gasteiger partial charge in [0.25, 0.3) is 5.56 Å². The Labute approximate surface area is 168 Å². The SMILES string of the molecule is CC(C)c1nnc(NC(=O)Cn2c(C(C)C)nc3scc(C(=O)O)c3c2=O)s1. The number of thiophene rings is 1. The van der Waals surface area contributed by atoms with E-state index in [-0.39, 0.29) is 29.3 Å². The second-order valence-electron chi connectivity index (χ2n) is 6.80. The molecule has 3 aromatic rings. The fourth-order valence-electron chi connectivity index (χ4n) is 2.61. The Hall–Kier alpha value is -2.66. The molecule has 0 fully saturated rings. The molecule has 0 saturated carbocycles. The van der Waals surface area contributed by atoms with Crippen molar-refractivity contribution >= 4 is 49.9 Å². The maximum absolute atomic E-state index is 13.0. The zero-order valence-corrected chi connectivity index (χ0v) is 17.3. The van der Waals surface area contributed by atoms with Gasteiger partial charge in [-0.15, -0.1) is 21.5 Å². The van der Waals surface area contributed by atoms with Gasteiger partial charge in [-0.25, -0.2) is 9.78 Å². The highest BCUT2D eigenvalue weighted by Gasteiger charge is 2.22. The lowest BCUT2D eigenvalue weighted by Gasteiger charge is -2.14. The van der Waals surface area contributed by atoms with Crippen molar-refractivity contribution in [1.82, 2.24) is 19.7 Å². The van der Waals surface area contributed by atoms with E-state index in [2.05, 4.69) is 20.5 Å². The molecule has 3 rings (SSSR count). The first kappa shape index (κ1) is 20.1. The summed E-state index contributed by atoms with van der Waals surface area (Å²) in [6, 6.07) is 0. The fraction of sp³-hybridized carbons (Fsp3) is 0.412. The monoisotopic (exact) mass is 421 g/mol. The molecule has 0 saturated heterocycles. The number of carbonyl (C=O) groups is 2. The summed E-state index contributed by atoms with van der Waals surface area (Å²) in [6.07, 6.45) is 0. The lowest BCUT2D eigenvalue weighted by molar-refractivity contribution is -0.116. The second kappa shape index (κ2) is 7.76. The number of anilines is 1. The van der Waals surface area contributed by atoms with E-state index in [9.17, 15) is 19.5 Å². The predicted octanol–water partition coefficient (Wildman–Crippen LogP) is 2.89. The third kappa shape index (κ3) is 3.80. The number of rotatable bonds is 6. The third-order valence-corrected chi connectivity index (χ3v) is 5.96. The number of hydrogen-bond acceptors (Lipinski definition) is 8. The van der Waals surface area contributed by atoms with Crippen LogP contribution < -0.4 is 10.9 Å². The Balaban J connectivity index is 1.98. The number of hydrogen-bond donors (Lipinski definition) is 2. The highest BCUT2D eigenvalue weighted by atomic mass is 32.1. The van der Waals surface area contributed by atoms with Crippen LogP contribution in [0.15, 0.2) is 10.2 Å². The van der Waals surface area contributed by atoms with E-state index in [1.165, 1.54) is 21.3 Å². The second-order valence-corrected chi connectivity index (χ2v) is 8.67. The van der Waals surface area contributed by atoms with Crippen molar-refractivity contribution in [3.05, 3.63) is 32.1 Å². The molecule has 28 heavy (non-hydrogen) atoms. The average molecular weight is 422 g/mol. The topological polar surface area (TPSA) is 127 Å². The summed E-state index contributed by atoms with van der Waals surface area (Å²) in [4.78, 5) is 41.7. The van der Waals surface area contributed by atoms with Crippen molar-refractivity contribution in [1.29, 1.82) is 0 Å². The quantitative estimate of drug-likeness (QED) is 0.626. The molecule has 0 spiro atoms. The molecule has 0 atom stereocenters. The van der Waals surface area contributed by atoms with Gasteiger partial charge in [-0.05, 0) is 0 Å². The summed E-state index contributed by atoms with van der Waals surface area (Å²) in [5.74, 6) is -1.17. The lowest BCUT2D eigenvalue weighted by atomic mass is 10.2. The molecule has 2 N–H and O–H groups in total. The van der Waals surface area contributed by atoms with Crippen molar-refractivity contribution in [3.8, 4) is 0 Å². The zero-order chi connectivity index (χ0) is 20.6. The largest absolute Gasteiger partial charge is 0.478 e. The number of carboxylic acids is 1. The molecule has 148 valence electrons. The zero-order valence-electron chi connectivity index (χ0n) is 15.7. The fourth-order valence-corrected chi connectivity index (χ4v) is 4.28. The molecular formula is C17H19N5O4S2. The van der Waals surface area contributed by atoms with Crippen molar-refractivity contribution in [2.45, 2.75) is 46.1 Å². The first-order valence-electron chi connectivity index (χ1n) is 8.57. The predicted molar refractivity (Wildman–Crippen MR) is 108 cm³/mol. The molecule has 0 aliphatic rings. The van der Waals surface area contributed by atoms with Crippen molar-refractivity contribution in [2.24, 2.45) is 0 Å². The number of fused-ring (bicyclic) bond motifs is 1. The molecule has 3 heterocycles. The van der Waals surface area contributed by atoms with Crippen LogP contribution in [0.5, 0.6) is 0 Å². The first-order chi connectivity index (χ1) is 13.2. The molecule has 0 aliphatic carbocycles. The number of carbonyl (C=O) groups excluding carboxylic acids is 1. The van der Waals surface area contributed by atoms with Crippen molar-refractivity contribution in [2.75, 3.05) is 5.32 Å². The summed E-state index contributed by atoms with van der Waals surface area (Å²) < 4.78 is 1.23. The molecule has 0 aliphatic heterocycles. The van der Waals surface area contributed by atoms with Crippen molar-refractivity contribution < 1.29 is 14.7 Å². The van der Waals surface area contributed by atoms with Gasteiger partial charge in [0.15, 0.2) is 0 Å². The molecule has 3 aromatic heterocycles. The van der Waals surface area contributed by atoms with Crippen LogP contribution in [-0.2, 0) is 11.3 Å². The third-order valence-electron chi connectivity index (χ3n) is 3.95. The number of aromatic nitrogens is 4. The summed E-state index contributed by atoms with van der Waals surface area (Å²) in [5.41, 5.74) is -0.643. The van der Waals surface area contributed by atoms with E-state index in [0.717, 1.165) is 16.3 Å². The number of carboxylic acid groups (broad SMARTS) is 1. The highest BCUT2D eigenvalue weighted by Crippen LogP contribution is 2.25. The smallest absolute Gasteiger partial charge is 0.337 e. The summed E-state index contributed by atoms with van der Waals surface area (Å²) in [6.45, 7) is 7.37. The van der Waals surface area contributed by atoms with Gasteiger partial charge in [0.2, 0.25) is 11.0 Å². The Morgan fingerprint density at radius 1 is 1.21 bits per heavy atom. The normalized spacial score (nSPS) is 11.5. The van der Waals surface area contributed by atoms with Gasteiger partial charge in [0.05, 0.1) is 10.9 Å². The molecular weight excluding hydrogens is 402 g/mol. The van der Waals surface area contributed by atoms with E-state index >= 15 is 0 Å². The van der Waals surface area contributed by atoms with Crippen LogP contribution >= 0.6 is 22.7 Å². The van der Waals surface area contributed by atoms with Crippen LogP contribution in [0.3, 0.4) is 0 Å². The molecule has 9 nitrogen and oxygen atoms in total. The Morgan fingerprint density at radius 2 is 1.93 bits per heavy atom. The maximum Gasteiger partial charge on any atom is 0.337 e.